The van der Waals surface area contributed by atoms with Gasteiger partial charge in [0.2, 0.25) is 5.78 Å². The van der Waals surface area contributed by atoms with Gasteiger partial charge in [0.15, 0.2) is 5.76 Å². The molecule has 0 fully saturated rings. The first-order chi connectivity index (χ1) is 14.4. The van der Waals surface area contributed by atoms with Gasteiger partial charge < -0.3 is 13.8 Å². The molecule has 0 spiro atoms. The lowest BCUT2D eigenvalue weighted by Gasteiger charge is -2.00. The number of carbonyl (C=O) groups is 1. The zero-order valence-electron chi connectivity index (χ0n) is 15.0. The zero-order valence-corrected chi connectivity index (χ0v) is 16.5. The van der Waals surface area contributed by atoms with Gasteiger partial charge in [-0.2, -0.15) is 0 Å². The van der Waals surface area contributed by atoms with Crippen molar-refractivity contribution in [2.75, 3.05) is 0 Å². The molecule has 0 aliphatic rings. The van der Waals surface area contributed by atoms with E-state index in [1.807, 2.05) is 0 Å². The predicted octanol–water partition coefficient (Wildman–Crippen LogP) is 3.34. The average molecular weight is 443 g/mol. The van der Waals surface area contributed by atoms with Crippen LogP contribution < -0.4 is 14.8 Å². The van der Waals surface area contributed by atoms with Crippen molar-refractivity contribution in [2.24, 2.45) is 0 Å². The third kappa shape index (κ3) is 4.02. The molecule has 1 N–H and O–H groups in total. The molecule has 0 aliphatic heterocycles. The number of aromatic nitrogens is 1. The van der Waals surface area contributed by atoms with E-state index in [2.05, 4.69) is 4.98 Å². The van der Waals surface area contributed by atoms with Crippen LogP contribution in [0.2, 0.25) is 5.02 Å². The average Bonchev–Trinajstić information content (AvgIpc) is 3.44. The number of H-pyrrole nitrogens is 1. The second-order valence-corrected chi connectivity index (χ2v) is 7.56. The number of rotatable bonds is 5. The summed E-state index contributed by atoms with van der Waals surface area (Å²) in [5.74, 6) is 0.372. The summed E-state index contributed by atoms with van der Waals surface area (Å²) in [7, 11) is 0. The number of Topliss-reactive ketones (excluding diaryl/α,β-unsaturated/α-hetero) is 1. The van der Waals surface area contributed by atoms with Crippen LogP contribution in [0.4, 0.5) is 5.69 Å². The lowest BCUT2D eigenvalue weighted by atomic mass is 10.1. The first kappa shape index (κ1) is 19.6. The highest BCUT2D eigenvalue weighted by molar-refractivity contribution is 7.07. The minimum Gasteiger partial charge on any atom is -0.461 e. The van der Waals surface area contributed by atoms with Crippen LogP contribution in [0, 0.1) is 10.1 Å². The van der Waals surface area contributed by atoms with Gasteiger partial charge in [-0.05, 0) is 36.4 Å². The molecule has 0 amide bonds. The second kappa shape index (κ2) is 7.97. The Morgan fingerprint density at radius 1 is 1.23 bits per heavy atom. The van der Waals surface area contributed by atoms with Crippen LogP contribution in [-0.2, 0) is 0 Å². The predicted molar refractivity (Wildman–Crippen MR) is 111 cm³/mol. The van der Waals surface area contributed by atoms with Crippen LogP contribution in [0.25, 0.3) is 23.5 Å². The van der Waals surface area contributed by atoms with E-state index in [-0.39, 0.29) is 33.6 Å². The smallest absolute Gasteiger partial charge is 0.281 e. The van der Waals surface area contributed by atoms with E-state index in [0.717, 1.165) is 11.3 Å². The Bertz CT molecular complexity index is 1430. The summed E-state index contributed by atoms with van der Waals surface area (Å²) in [6.45, 7) is 0. The molecule has 0 aliphatic carbocycles. The molecule has 30 heavy (non-hydrogen) atoms. The maximum Gasteiger partial charge on any atom is 0.281 e. The van der Waals surface area contributed by atoms with Crippen LogP contribution in [0.15, 0.2) is 62.4 Å². The van der Waals surface area contributed by atoms with E-state index in [1.165, 1.54) is 42.7 Å². The number of thiazole rings is 1. The van der Waals surface area contributed by atoms with Gasteiger partial charge in [-0.25, -0.2) is 0 Å². The molecule has 10 heteroatoms. The first-order valence-corrected chi connectivity index (χ1v) is 9.65. The van der Waals surface area contributed by atoms with Crippen molar-refractivity contribution in [1.29, 1.82) is 0 Å². The van der Waals surface area contributed by atoms with Crippen molar-refractivity contribution in [3.8, 4) is 11.3 Å². The molecule has 0 atom stereocenters. The molecule has 0 bridgehead atoms. The van der Waals surface area contributed by atoms with E-state index >= 15 is 0 Å². The van der Waals surface area contributed by atoms with Crippen LogP contribution >= 0.6 is 22.9 Å². The SMILES string of the molecule is O=C(/C=c1/[nH]c(=O)/c(=C/c2ccc(-c3ccc(Cl)cc3[N+](=O)[O-])o2)s1)c1ccco1. The molecule has 150 valence electrons. The lowest BCUT2D eigenvalue weighted by Crippen LogP contribution is -2.19. The summed E-state index contributed by atoms with van der Waals surface area (Å²) in [5.41, 5.74) is -0.318. The van der Waals surface area contributed by atoms with E-state index in [0.29, 0.717) is 15.0 Å². The van der Waals surface area contributed by atoms with Crippen LogP contribution in [-0.4, -0.2) is 15.7 Å². The summed E-state index contributed by atoms with van der Waals surface area (Å²) >= 11 is 6.91. The Morgan fingerprint density at radius 3 is 2.80 bits per heavy atom. The Hall–Kier alpha value is -3.69. The topological polar surface area (TPSA) is 119 Å². The van der Waals surface area contributed by atoms with Crippen molar-refractivity contribution < 1.29 is 18.6 Å². The van der Waals surface area contributed by atoms with Crippen molar-refractivity contribution in [1.82, 2.24) is 4.98 Å². The van der Waals surface area contributed by atoms with Gasteiger partial charge in [-0.3, -0.25) is 19.7 Å². The van der Waals surface area contributed by atoms with E-state index < -0.39 is 10.5 Å². The molecule has 3 aromatic heterocycles. The monoisotopic (exact) mass is 442 g/mol. The molecule has 8 nitrogen and oxygen atoms in total. The summed E-state index contributed by atoms with van der Waals surface area (Å²) in [6, 6.07) is 10.5. The molecular weight excluding hydrogens is 432 g/mol. The van der Waals surface area contributed by atoms with Crippen LogP contribution in [0.1, 0.15) is 16.3 Å². The van der Waals surface area contributed by atoms with Gasteiger partial charge >= 0.3 is 0 Å². The molecule has 0 unspecified atom stereocenters. The van der Waals surface area contributed by atoms with Crippen molar-refractivity contribution in [3.63, 3.8) is 0 Å². The maximum atomic E-state index is 12.2. The number of hydrogen-bond donors (Lipinski definition) is 1. The van der Waals surface area contributed by atoms with Crippen molar-refractivity contribution in [2.45, 2.75) is 0 Å². The molecule has 1 aromatic carbocycles. The lowest BCUT2D eigenvalue weighted by molar-refractivity contribution is -0.384. The molecule has 0 saturated carbocycles. The Morgan fingerprint density at radius 2 is 2.07 bits per heavy atom. The number of benzene rings is 1. The van der Waals surface area contributed by atoms with E-state index in [4.69, 9.17) is 20.4 Å². The second-order valence-electron chi connectivity index (χ2n) is 6.04. The Balaban J connectivity index is 1.69. The minimum atomic E-state index is -0.546. The molecule has 4 aromatic rings. The minimum absolute atomic E-state index is 0.162. The fraction of sp³-hybridized carbons (Fsp3) is 0. The van der Waals surface area contributed by atoms with Gasteiger partial charge in [0.05, 0.1) is 25.9 Å². The third-order valence-corrected chi connectivity index (χ3v) is 5.23. The number of aromatic amines is 1. The summed E-state index contributed by atoms with van der Waals surface area (Å²) in [4.78, 5) is 37.6. The normalized spacial score (nSPS) is 12.4. The summed E-state index contributed by atoms with van der Waals surface area (Å²) < 4.78 is 11.4. The number of nitro benzene ring substituents is 1. The van der Waals surface area contributed by atoms with Crippen molar-refractivity contribution >= 4 is 46.6 Å². The van der Waals surface area contributed by atoms with Crippen LogP contribution in [0.5, 0.6) is 0 Å². The highest BCUT2D eigenvalue weighted by atomic mass is 35.5. The summed E-state index contributed by atoms with van der Waals surface area (Å²) in [5, 5.41) is 11.5. The fourth-order valence-electron chi connectivity index (χ4n) is 2.70. The maximum absolute atomic E-state index is 12.2. The van der Waals surface area contributed by atoms with Crippen LogP contribution in [0.3, 0.4) is 0 Å². The zero-order chi connectivity index (χ0) is 21.3. The van der Waals surface area contributed by atoms with E-state index in [1.54, 1.807) is 18.2 Å². The number of ketones is 1. The molecule has 3 heterocycles. The molecule has 0 saturated heterocycles. The Labute approximate surface area is 176 Å². The molecule has 0 radical (unpaired) electrons. The van der Waals surface area contributed by atoms with Gasteiger partial charge in [0.1, 0.15) is 11.5 Å². The highest BCUT2D eigenvalue weighted by Gasteiger charge is 2.18. The standard InChI is InChI=1S/C20H11ClN2O6S/c21-11-3-5-13(14(8-11)23(26)27)16-6-4-12(29-16)9-18-20(25)22-19(30-18)10-15(24)17-2-1-7-28-17/h1-10H,(H,22,25)/b18-9-,19-10-. The van der Waals surface area contributed by atoms with Gasteiger partial charge in [-0.1, -0.05) is 11.6 Å². The number of nitrogens with one attached hydrogen (secondary N) is 1. The Kier molecular flexibility index (Phi) is 5.21. The van der Waals surface area contributed by atoms with Crippen molar-refractivity contribution in [3.05, 3.63) is 94.9 Å². The van der Waals surface area contributed by atoms with E-state index in [9.17, 15) is 19.7 Å². The van der Waals surface area contributed by atoms with Gasteiger partial charge in [-0.15, -0.1) is 11.3 Å². The molecular formula is C20H11ClN2O6S. The summed E-state index contributed by atoms with van der Waals surface area (Å²) in [6.07, 6.45) is 4.15. The third-order valence-electron chi connectivity index (χ3n) is 4.03. The highest BCUT2D eigenvalue weighted by Crippen LogP contribution is 2.33. The van der Waals surface area contributed by atoms with Gasteiger partial charge in [0.25, 0.3) is 11.2 Å². The number of carbonyl (C=O) groups excluding carboxylic acids is 1. The number of nitro groups is 1. The molecule has 4 rings (SSSR count). The fourth-order valence-corrected chi connectivity index (χ4v) is 3.73. The largest absolute Gasteiger partial charge is 0.461 e. The number of furan rings is 2. The quantitative estimate of drug-likeness (QED) is 0.287. The number of hydrogen-bond acceptors (Lipinski definition) is 7. The first-order valence-electron chi connectivity index (χ1n) is 8.45. The van der Waals surface area contributed by atoms with Gasteiger partial charge in [0, 0.05) is 23.2 Å². The number of halogens is 1. The number of nitrogens with zero attached hydrogens (tertiary/aromatic N) is 1.